The zero-order valence-corrected chi connectivity index (χ0v) is 13.8. The van der Waals surface area contributed by atoms with Crippen LogP contribution in [0.2, 0.25) is 5.02 Å². The standard InChI is InChI=1S/C14H15BrClNOS/c1-8-3-4-10(16)11(7-8)18-14(9(2)17)12-5-6-13(15)19-12/h3-7,9,14H,17H2,1-2H3. The fraction of sp³-hybridized carbons (Fsp3) is 0.286. The second-order valence-corrected chi connectivity index (χ2v) is 7.38. The summed E-state index contributed by atoms with van der Waals surface area (Å²) in [4.78, 5) is 1.08. The van der Waals surface area contributed by atoms with Crippen molar-refractivity contribution in [2.45, 2.75) is 26.0 Å². The maximum Gasteiger partial charge on any atom is 0.148 e. The molecule has 0 bridgehead atoms. The van der Waals surface area contributed by atoms with Gasteiger partial charge in [-0.15, -0.1) is 11.3 Å². The van der Waals surface area contributed by atoms with Crippen LogP contribution in [0.5, 0.6) is 5.75 Å². The molecule has 0 aliphatic carbocycles. The van der Waals surface area contributed by atoms with E-state index in [1.807, 2.05) is 44.2 Å². The van der Waals surface area contributed by atoms with Gasteiger partial charge in [-0.3, -0.25) is 0 Å². The van der Waals surface area contributed by atoms with Gasteiger partial charge in [-0.25, -0.2) is 0 Å². The molecule has 0 fully saturated rings. The van der Waals surface area contributed by atoms with Gasteiger partial charge in [0.15, 0.2) is 0 Å². The first-order chi connectivity index (χ1) is 8.97. The summed E-state index contributed by atoms with van der Waals surface area (Å²) in [6, 6.07) is 9.62. The van der Waals surface area contributed by atoms with Gasteiger partial charge in [0.2, 0.25) is 0 Å². The third kappa shape index (κ3) is 3.72. The number of ether oxygens (including phenoxy) is 1. The number of hydrogen-bond acceptors (Lipinski definition) is 3. The molecule has 1 heterocycles. The molecule has 2 aromatic rings. The summed E-state index contributed by atoms with van der Waals surface area (Å²) in [5, 5.41) is 0.604. The maximum absolute atomic E-state index is 6.17. The first-order valence-electron chi connectivity index (χ1n) is 5.91. The van der Waals surface area contributed by atoms with Crippen LogP contribution in [0.15, 0.2) is 34.1 Å². The molecule has 0 aliphatic rings. The molecule has 0 aliphatic heterocycles. The van der Waals surface area contributed by atoms with Gasteiger partial charge in [0.1, 0.15) is 11.9 Å². The summed E-state index contributed by atoms with van der Waals surface area (Å²) >= 11 is 11.2. The number of aryl methyl sites for hydroxylation is 1. The molecule has 1 aromatic heterocycles. The van der Waals surface area contributed by atoms with Crippen molar-refractivity contribution in [2.75, 3.05) is 0 Å². The summed E-state index contributed by atoms with van der Waals surface area (Å²) in [6.07, 6.45) is -0.199. The largest absolute Gasteiger partial charge is 0.482 e. The van der Waals surface area contributed by atoms with E-state index in [9.17, 15) is 0 Å². The number of benzene rings is 1. The van der Waals surface area contributed by atoms with Gasteiger partial charge in [0.05, 0.1) is 8.81 Å². The van der Waals surface area contributed by atoms with E-state index in [0.29, 0.717) is 10.8 Å². The zero-order valence-electron chi connectivity index (χ0n) is 10.7. The van der Waals surface area contributed by atoms with Crippen LogP contribution in [0, 0.1) is 6.92 Å². The van der Waals surface area contributed by atoms with Crippen molar-refractivity contribution in [3.63, 3.8) is 0 Å². The third-order valence-corrected chi connectivity index (χ3v) is 4.69. The highest BCUT2D eigenvalue weighted by Crippen LogP contribution is 2.35. The van der Waals surface area contributed by atoms with Gasteiger partial charge >= 0.3 is 0 Å². The molecule has 0 spiro atoms. The Hall–Kier alpha value is -0.550. The smallest absolute Gasteiger partial charge is 0.148 e. The predicted molar refractivity (Wildman–Crippen MR) is 85.2 cm³/mol. The molecule has 5 heteroatoms. The topological polar surface area (TPSA) is 35.2 Å². The average molecular weight is 361 g/mol. The Bertz CT molecular complexity index is 570. The maximum atomic E-state index is 6.17. The number of nitrogens with two attached hydrogens (primary N) is 1. The van der Waals surface area contributed by atoms with Crippen LogP contribution in [0.4, 0.5) is 0 Å². The first-order valence-corrected chi connectivity index (χ1v) is 7.89. The van der Waals surface area contributed by atoms with E-state index < -0.39 is 0 Å². The van der Waals surface area contributed by atoms with Crippen molar-refractivity contribution < 1.29 is 4.74 Å². The Morgan fingerprint density at radius 3 is 2.63 bits per heavy atom. The minimum Gasteiger partial charge on any atom is -0.482 e. The molecular weight excluding hydrogens is 346 g/mol. The molecule has 1 aromatic carbocycles. The van der Waals surface area contributed by atoms with Crippen LogP contribution < -0.4 is 10.5 Å². The van der Waals surface area contributed by atoms with Crippen LogP contribution in [0.25, 0.3) is 0 Å². The third-order valence-electron chi connectivity index (χ3n) is 2.69. The van der Waals surface area contributed by atoms with Crippen molar-refractivity contribution in [1.82, 2.24) is 0 Å². The van der Waals surface area contributed by atoms with Gasteiger partial charge in [-0.2, -0.15) is 0 Å². The molecule has 0 radical (unpaired) electrons. The molecular formula is C14H15BrClNOS. The highest BCUT2D eigenvalue weighted by molar-refractivity contribution is 9.11. The van der Waals surface area contributed by atoms with Crippen LogP contribution in [0.1, 0.15) is 23.5 Å². The lowest BCUT2D eigenvalue weighted by Gasteiger charge is -2.22. The Labute approximate surface area is 130 Å². The number of thiophene rings is 1. The minimum atomic E-state index is -0.199. The fourth-order valence-corrected chi connectivity index (χ4v) is 3.47. The lowest BCUT2D eigenvalue weighted by atomic mass is 10.1. The summed E-state index contributed by atoms with van der Waals surface area (Å²) in [5.41, 5.74) is 7.14. The molecule has 2 rings (SSSR count). The fourth-order valence-electron chi connectivity index (χ4n) is 1.74. The SMILES string of the molecule is Cc1ccc(Cl)c(OC(c2ccc(Br)s2)C(C)N)c1. The van der Waals surface area contributed by atoms with Gasteiger partial charge in [0.25, 0.3) is 0 Å². The zero-order chi connectivity index (χ0) is 14.0. The van der Waals surface area contributed by atoms with Crippen molar-refractivity contribution in [1.29, 1.82) is 0 Å². The number of halogens is 2. The molecule has 0 amide bonds. The van der Waals surface area contributed by atoms with E-state index in [1.165, 1.54) is 0 Å². The average Bonchev–Trinajstić information content (AvgIpc) is 2.76. The summed E-state index contributed by atoms with van der Waals surface area (Å²) in [6.45, 7) is 3.94. The van der Waals surface area contributed by atoms with Crippen LogP contribution in [-0.2, 0) is 0 Å². The van der Waals surface area contributed by atoms with Gasteiger partial charge in [0, 0.05) is 10.9 Å². The van der Waals surface area contributed by atoms with Crippen molar-refractivity contribution >= 4 is 38.9 Å². The van der Waals surface area contributed by atoms with E-state index in [2.05, 4.69) is 15.9 Å². The Balaban J connectivity index is 2.29. The second kappa shape index (κ2) is 6.27. The van der Waals surface area contributed by atoms with E-state index in [1.54, 1.807) is 11.3 Å². The molecule has 19 heavy (non-hydrogen) atoms. The van der Waals surface area contributed by atoms with Gasteiger partial charge < -0.3 is 10.5 Å². The lowest BCUT2D eigenvalue weighted by Crippen LogP contribution is -2.28. The first kappa shape index (κ1) is 14.9. The number of rotatable bonds is 4. The van der Waals surface area contributed by atoms with E-state index in [-0.39, 0.29) is 12.1 Å². The second-order valence-electron chi connectivity index (χ2n) is 4.47. The molecule has 2 unspecified atom stereocenters. The van der Waals surface area contributed by atoms with Crippen LogP contribution >= 0.6 is 38.9 Å². The van der Waals surface area contributed by atoms with Crippen LogP contribution in [0.3, 0.4) is 0 Å². The highest BCUT2D eigenvalue weighted by atomic mass is 79.9. The lowest BCUT2D eigenvalue weighted by molar-refractivity contribution is 0.184. The Morgan fingerprint density at radius 1 is 1.32 bits per heavy atom. The summed E-state index contributed by atoms with van der Waals surface area (Å²) in [7, 11) is 0. The van der Waals surface area contributed by atoms with Crippen molar-refractivity contribution in [2.24, 2.45) is 5.73 Å². The van der Waals surface area contributed by atoms with Crippen molar-refractivity contribution in [3.05, 3.63) is 49.6 Å². The number of hydrogen-bond donors (Lipinski definition) is 1. The minimum absolute atomic E-state index is 0.123. The summed E-state index contributed by atoms with van der Waals surface area (Å²) in [5.74, 6) is 0.675. The normalized spacial score (nSPS) is 14.2. The molecule has 2 N–H and O–H groups in total. The van der Waals surface area contributed by atoms with Gasteiger partial charge in [-0.05, 0) is 59.6 Å². The Morgan fingerprint density at radius 2 is 2.05 bits per heavy atom. The Kier molecular flexibility index (Phi) is 4.90. The highest BCUT2D eigenvalue weighted by Gasteiger charge is 2.21. The van der Waals surface area contributed by atoms with Crippen molar-refractivity contribution in [3.8, 4) is 5.75 Å². The predicted octanol–water partition coefficient (Wildman–Crippen LogP) is 4.94. The molecule has 0 saturated carbocycles. The molecule has 2 nitrogen and oxygen atoms in total. The molecule has 102 valence electrons. The van der Waals surface area contributed by atoms with E-state index in [0.717, 1.165) is 14.2 Å². The quantitative estimate of drug-likeness (QED) is 0.838. The van der Waals surface area contributed by atoms with E-state index >= 15 is 0 Å². The van der Waals surface area contributed by atoms with E-state index in [4.69, 9.17) is 22.1 Å². The van der Waals surface area contributed by atoms with Gasteiger partial charge in [-0.1, -0.05) is 17.7 Å². The van der Waals surface area contributed by atoms with Crippen LogP contribution in [-0.4, -0.2) is 6.04 Å². The summed E-state index contributed by atoms with van der Waals surface area (Å²) < 4.78 is 7.08. The molecule has 0 saturated heterocycles. The molecule has 2 atom stereocenters. The monoisotopic (exact) mass is 359 g/mol.